The molecule has 3 aliphatic rings. The molecule has 1 aromatic rings. The summed E-state index contributed by atoms with van der Waals surface area (Å²) in [7, 11) is 0. The maximum atomic E-state index is 13.4. The number of fused-ring (bicyclic) bond motifs is 1. The minimum Gasteiger partial charge on any atom is -0.339 e. The van der Waals surface area contributed by atoms with Crippen LogP contribution in [0.15, 0.2) is 30.0 Å². The number of amides is 2. The first-order valence-electron chi connectivity index (χ1n) is 10.1. The largest absolute Gasteiger partial charge is 0.339 e. The van der Waals surface area contributed by atoms with Crippen molar-refractivity contribution in [3.63, 3.8) is 0 Å². The zero-order chi connectivity index (χ0) is 19.0. The van der Waals surface area contributed by atoms with E-state index in [-0.39, 0.29) is 23.6 Å². The Bertz CT molecular complexity index is 815. The highest BCUT2D eigenvalue weighted by Crippen LogP contribution is 2.39. The summed E-state index contributed by atoms with van der Waals surface area (Å²) in [4.78, 5) is 42.7. The molecule has 1 heterocycles. The number of benzene rings is 1. The Balaban J connectivity index is 1.84. The minimum absolute atomic E-state index is 0.00545. The molecule has 1 saturated heterocycles. The van der Waals surface area contributed by atoms with Crippen LogP contribution in [0.4, 0.5) is 0 Å². The molecule has 2 fully saturated rings. The summed E-state index contributed by atoms with van der Waals surface area (Å²) in [5, 5.41) is 0. The predicted octanol–water partition coefficient (Wildman–Crippen LogP) is 3.40. The summed E-state index contributed by atoms with van der Waals surface area (Å²) in [5.74, 6) is -0.443. The van der Waals surface area contributed by atoms with Crippen LogP contribution in [0.1, 0.15) is 67.8 Å². The van der Waals surface area contributed by atoms with Gasteiger partial charge in [-0.2, -0.15) is 0 Å². The van der Waals surface area contributed by atoms with Crippen LogP contribution in [-0.4, -0.2) is 46.5 Å². The highest BCUT2D eigenvalue weighted by Gasteiger charge is 2.41. The highest BCUT2D eigenvalue weighted by atomic mass is 16.2. The Morgan fingerprint density at radius 1 is 0.963 bits per heavy atom. The van der Waals surface area contributed by atoms with Crippen molar-refractivity contribution in [3.8, 4) is 0 Å². The SMILES string of the molecule is CC(=O)N(C1=C(C(=O)N2CCCC2)c2ccccc2C1=O)C1CCCCC1. The molecule has 0 bridgehead atoms. The molecule has 1 aromatic carbocycles. The first-order chi connectivity index (χ1) is 13.1. The lowest BCUT2D eigenvalue weighted by molar-refractivity contribution is -0.129. The molecule has 142 valence electrons. The number of allylic oxidation sites excluding steroid dienone is 1. The lowest BCUT2D eigenvalue weighted by Gasteiger charge is -2.34. The number of rotatable bonds is 3. The molecule has 0 N–H and O–H groups in total. The van der Waals surface area contributed by atoms with Gasteiger partial charge in [-0.15, -0.1) is 0 Å². The number of carbonyl (C=O) groups excluding carboxylic acids is 3. The van der Waals surface area contributed by atoms with Gasteiger partial charge < -0.3 is 9.80 Å². The molecule has 0 unspecified atom stereocenters. The van der Waals surface area contributed by atoms with Crippen LogP contribution < -0.4 is 0 Å². The van der Waals surface area contributed by atoms with Crippen molar-refractivity contribution in [3.05, 3.63) is 41.1 Å². The van der Waals surface area contributed by atoms with E-state index in [1.165, 1.54) is 6.92 Å². The third-order valence-electron chi connectivity index (χ3n) is 6.02. The Hall–Kier alpha value is -2.43. The summed E-state index contributed by atoms with van der Waals surface area (Å²) in [6.45, 7) is 2.95. The van der Waals surface area contributed by atoms with E-state index in [2.05, 4.69) is 0 Å². The Labute approximate surface area is 160 Å². The lowest BCUT2D eigenvalue weighted by Crippen LogP contribution is -2.42. The fraction of sp³-hybridized carbons (Fsp3) is 0.500. The van der Waals surface area contributed by atoms with Crippen LogP contribution in [0, 0.1) is 0 Å². The summed E-state index contributed by atoms with van der Waals surface area (Å²) in [6.07, 6.45) is 7.02. The maximum absolute atomic E-state index is 13.4. The van der Waals surface area contributed by atoms with Gasteiger partial charge in [-0.1, -0.05) is 43.5 Å². The maximum Gasteiger partial charge on any atom is 0.256 e. The zero-order valence-electron chi connectivity index (χ0n) is 15.9. The number of carbonyl (C=O) groups is 3. The normalized spacial score (nSPS) is 20.2. The van der Waals surface area contributed by atoms with Crippen molar-refractivity contribution in [2.24, 2.45) is 0 Å². The molecular formula is C22H26N2O3. The summed E-state index contributed by atoms with van der Waals surface area (Å²) in [6, 6.07) is 7.27. The van der Waals surface area contributed by atoms with Gasteiger partial charge in [0.25, 0.3) is 5.91 Å². The second kappa shape index (κ2) is 7.29. The number of Topliss-reactive ketones (excluding diaryl/α,β-unsaturated/α-hetero) is 1. The minimum atomic E-state index is -0.186. The van der Waals surface area contributed by atoms with E-state index in [1.807, 2.05) is 23.1 Å². The van der Waals surface area contributed by atoms with E-state index in [0.29, 0.717) is 22.4 Å². The molecular weight excluding hydrogens is 340 g/mol. The Kier molecular flexibility index (Phi) is 4.85. The van der Waals surface area contributed by atoms with Gasteiger partial charge in [0.15, 0.2) is 0 Å². The highest BCUT2D eigenvalue weighted by molar-refractivity contribution is 6.35. The zero-order valence-corrected chi connectivity index (χ0v) is 15.9. The summed E-state index contributed by atoms with van der Waals surface area (Å²) >= 11 is 0. The summed E-state index contributed by atoms with van der Waals surface area (Å²) < 4.78 is 0. The molecule has 27 heavy (non-hydrogen) atoms. The molecule has 1 aliphatic heterocycles. The molecule has 0 aromatic heterocycles. The molecule has 5 nitrogen and oxygen atoms in total. The number of hydrogen-bond donors (Lipinski definition) is 0. The quantitative estimate of drug-likeness (QED) is 0.824. The van der Waals surface area contributed by atoms with Crippen LogP contribution >= 0.6 is 0 Å². The van der Waals surface area contributed by atoms with E-state index in [4.69, 9.17) is 0 Å². The van der Waals surface area contributed by atoms with Crippen LogP contribution in [-0.2, 0) is 9.59 Å². The van der Waals surface area contributed by atoms with E-state index >= 15 is 0 Å². The van der Waals surface area contributed by atoms with Crippen molar-refractivity contribution < 1.29 is 14.4 Å². The van der Waals surface area contributed by atoms with E-state index in [0.717, 1.165) is 58.0 Å². The smallest absolute Gasteiger partial charge is 0.256 e. The number of ketones is 1. The third kappa shape index (κ3) is 3.09. The number of nitrogens with zero attached hydrogens (tertiary/aromatic N) is 2. The molecule has 5 heteroatoms. The lowest BCUT2D eigenvalue weighted by atomic mass is 9.93. The van der Waals surface area contributed by atoms with Crippen molar-refractivity contribution in [1.29, 1.82) is 0 Å². The first kappa shape index (κ1) is 18.0. The van der Waals surface area contributed by atoms with Gasteiger partial charge in [-0.3, -0.25) is 14.4 Å². The Morgan fingerprint density at radius 2 is 1.59 bits per heavy atom. The molecule has 4 rings (SSSR count). The van der Waals surface area contributed by atoms with E-state index in [9.17, 15) is 14.4 Å². The molecule has 0 atom stereocenters. The van der Waals surface area contributed by atoms with Crippen LogP contribution in [0.5, 0.6) is 0 Å². The second-order valence-corrected chi connectivity index (χ2v) is 7.78. The van der Waals surface area contributed by atoms with Gasteiger partial charge in [0.1, 0.15) is 5.70 Å². The molecule has 0 radical (unpaired) electrons. The van der Waals surface area contributed by atoms with Crippen molar-refractivity contribution in [2.45, 2.75) is 57.9 Å². The molecule has 0 spiro atoms. The Morgan fingerprint density at radius 3 is 2.22 bits per heavy atom. The van der Waals surface area contributed by atoms with Crippen molar-refractivity contribution in [1.82, 2.24) is 9.80 Å². The average molecular weight is 366 g/mol. The van der Waals surface area contributed by atoms with Gasteiger partial charge >= 0.3 is 0 Å². The topological polar surface area (TPSA) is 57.7 Å². The number of hydrogen-bond acceptors (Lipinski definition) is 3. The van der Waals surface area contributed by atoms with Crippen molar-refractivity contribution in [2.75, 3.05) is 13.1 Å². The van der Waals surface area contributed by atoms with Crippen LogP contribution in [0.2, 0.25) is 0 Å². The van der Waals surface area contributed by atoms with E-state index in [1.54, 1.807) is 11.0 Å². The van der Waals surface area contributed by atoms with E-state index < -0.39 is 0 Å². The third-order valence-corrected chi connectivity index (χ3v) is 6.02. The molecule has 2 amide bonds. The van der Waals surface area contributed by atoms with Gasteiger partial charge in [0.05, 0.1) is 5.57 Å². The average Bonchev–Trinajstić information content (AvgIpc) is 3.31. The monoisotopic (exact) mass is 366 g/mol. The fourth-order valence-corrected chi connectivity index (χ4v) is 4.73. The van der Waals surface area contributed by atoms with Gasteiger partial charge in [-0.05, 0) is 25.7 Å². The van der Waals surface area contributed by atoms with Gasteiger partial charge in [0.2, 0.25) is 11.7 Å². The standard InChI is InChI=1S/C22H26N2O3/c1-15(25)24(16-9-3-2-4-10-16)20-19(22(27)23-13-7-8-14-23)17-11-5-6-12-18(17)21(20)26/h5-6,11-12,16H,2-4,7-10,13-14H2,1H3. The van der Waals surface area contributed by atoms with Crippen LogP contribution in [0.3, 0.4) is 0 Å². The first-order valence-corrected chi connectivity index (χ1v) is 10.1. The fourth-order valence-electron chi connectivity index (χ4n) is 4.73. The van der Waals surface area contributed by atoms with Crippen LogP contribution in [0.25, 0.3) is 5.57 Å². The molecule has 2 aliphatic carbocycles. The van der Waals surface area contributed by atoms with Crippen molar-refractivity contribution >= 4 is 23.2 Å². The van der Waals surface area contributed by atoms with Gasteiger partial charge in [-0.25, -0.2) is 0 Å². The second-order valence-electron chi connectivity index (χ2n) is 7.78. The van der Waals surface area contributed by atoms with Gasteiger partial charge in [0, 0.05) is 37.2 Å². The molecule has 1 saturated carbocycles. The summed E-state index contributed by atoms with van der Waals surface area (Å²) in [5.41, 5.74) is 1.96. The predicted molar refractivity (Wildman–Crippen MR) is 103 cm³/mol. The number of likely N-dealkylation sites (tertiary alicyclic amines) is 1.